The van der Waals surface area contributed by atoms with Crippen LogP contribution in [0.2, 0.25) is 0 Å². The summed E-state index contributed by atoms with van der Waals surface area (Å²) in [6.07, 6.45) is 3.70. The van der Waals surface area contributed by atoms with Gasteiger partial charge in [-0.2, -0.15) is 0 Å². The Morgan fingerprint density at radius 2 is 1.96 bits per heavy atom. The second-order valence-electron chi connectivity index (χ2n) is 7.18. The van der Waals surface area contributed by atoms with Crippen molar-refractivity contribution in [2.45, 2.75) is 65.5 Å². The second kappa shape index (κ2) is 11.9. The molecule has 1 aliphatic rings. The summed E-state index contributed by atoms with van der Waals surface area (Å²) in [6, 6.07) is 0.442. The Balaban J connectivity index is 0.00000529. The molecule has 0 aromatic carbocycles. The van der Waals surface area contributed by atoms with E-state index in [0.717, 1.165) is 38.3 Å². The van der Waals surface area contributed by atoms with Gasteiger partial charge in [-0.15, -0.1) is 24.0 Å². The molecule has 0 spiro atoms. The van der Waals surface area contributed by atoms with Gasteiger partial charge in [-0.3, -0.25) is 9.79 Å². The molecule has 1 aliphatic carbocycles. The molecule has 1 atom stereocenters. The normalized spacial score (nSPS) is 16.1. The van der Waals surface area contributed by atoms with Gasteiger partial charge in [0.05, 0.1) is 12.6 Å². The van der Waals surface area contributed by atoms with Gasteiger partial charge in [0.25, 0.3) is 0 Å². The molecule has 1 saturated carbocycles. The van der Waals surface area contributed by atoms with Gasteiger partial charge >= 0.3 is 0 Å². The van der Waals surface area contributed by atoms with E-state index in [1.54, 1.807) is 7.11 Å². The third-order valence-electron chi connectivity index (χ3n) is 3.83. The molecule has 3 N–H and O–H groups in total. The van der Waals surface area contributed by atoms with Gasteiger partial charge in [-0.1, -0.05) is 20.8 Å². The number of aliphatic imine (C=N–C) groups is 1. The molecule has 1 fully saturated rings. The van der Waals surface area contributed by atoms with Crippen LogP contribution < -0.4 is 16.0 Å². The number of rotatable bonds is 9. The van der Waals surface area contributed by atoms with E-state index in [9.17, 15) is 4.79 Å². The Morgan fingerprint density at radius 3 is 2.46 bits per heavy atom. The number of nitrogens with zero attached hydrogens (tertiary/aromatic N) is 1. The van der Waals surface area contributed by atoms with Crippen LogP contribution in [0.4, 0.5) is 0 Å². The third kappa shape index (κ3) is 10.3. The molecule has 0 radical (unpaired) electrons. The van der Waals surface area contributed by atoms with Crippen molar-refractivity contribution in [2.24, 2.45) is 10.4 Å². The maximum absolute atomic E-state index is 11.6. The zero-order chi connectivity index (χ0) is 17.3. The van der Waals surface area contributed by atoms with Crippen molar-refractivity contribution in [3.63, 3.8) is 0 Å². The lowest BCUT2D eigenvalue weighted by Gasteiger charge is -2.28. The first-order valence-corrected chi connectivity index (χ1v) is 8.71. The first kappa shape index (κ1) is 23.4. The van der Waals surface area contributed by atoms with Gasteiger partial charge in [0.2, 0.25) is 5.91 Å². The highest BCUT2D eigenvalue weighted by Gasteiger charge is 2.24. The number of hydrogen-bond acceptors (Lipinski definition) is 3. The van der Waals surface area contributed by atoms with Crippen molar-refractivity contribution in [1.82, 2.24) is 16.0 Å². The highest BCUT2D eigenvalue weighted by atomic mass is 127. The molecule has 0 aromatic heterocycles. The van der Waals surface area contributed by atoms with Crippen LogP contribution in [0.5, 0.6) is 0 Å². The predicted molar refractivity (Wildman–Crippen MR) is 110 cm³/mol. The van der Waals surface area contributed by atoms with Crippen LogP contribution in [0.25, 0.3) is 0 Å². The zero-order valence-corrected chi connectivity index (χ0v) is 18.1. The summed E-state index contributed by atoms with van der Waals surface area (Å²) < 4.78 is 5.53. The van der Waals surface area contributed by atoms with Gasteiger partial charge < -0.3 is 20.7 Å². The van der Waals surface area contributed by atoms with E-state index in [1.807, 2.05) is 6.92 Å². The first-order chi connectivity index (χ1) is 10.9. The van der Waals surface area contributed by atoms with Crippen LogP contribution in [0.1, 0.15) is 53.4 Å². The molecular formula is C17H35IN4O2. The van der Waals surface area contributed by atoms with Gasteiger partial charge in [-0.05, 0) is 31.6 Å². The largest absolute Gasteiger partial charge is 0.379 e. The minimum absolute atomic E-state index is 0. The Kier molecular flexibility index (Phi) is 11.6. The Labute approximate surface area is 164 Å². The molecule has 0 aliphatic heterocycles. The summed E-state index contributed by atoms with van der Waals surface area (Å²) in [4.78, 5) is 16.2. The van der Waals surface area contributed by atoms with E-state index in [4.69, 9.17) is 4.74 Å². The number of carbonyl (C=O) groups is 1. The minimum Gasteiger partial charge on any atom is -0.379 e. The van der Waals surface area contributed by atoms with Crippen LogP contribution in [-0.2, 0) is 9.53 Å². The summed E-state index contributed by atoms with van der Waals surface area (Å²) >= 11 is 0. The van der Waals surface area contributed by atoms with Crippen LogP contribution >= 0.6 is 24.0 Å². The van der Waals surface area contributed by atoms with Gasteiger partial charge in [0.15, 0.2) is 5.96 Å². The number of hydrogen-bond donors (Lipinski definition) is 3. The molecule has 0 saturated heterocycles. The molecule has 0 bridgehead atoms. The SMILES string of the molecule is CCNC(=NCC(OC)C(C)(C)C)NCCCC(=O)NC1CC1.I. The summed E-state index contributed by atoms with van der Waals surface area (Å²) in [5.41, 5.74) is 0.0521. The minimum atomic E-state index is 0. The number of ether oxygens (including phenoxy) is 1. The predicted octanol–water partition coefficient (Wildman–Crippen LogP) is 2.28. The fourth-order valence-corrected chi connectivity index (χ4v) is 2.20. The van der Waals surface area contributed by atoms with Crippen LogP contribution in [-0.4, -0.2) is 50.8 Å². The van der Waals surface area contributed by atoms with Crippen molar-refractivity contribution in [3.8, 4) is 0 Å². The summed E-state index contributed by atoms with van der Waals surface area (Å²) in [7, 11) is 1.73. The lowest BCUT2D eigenvalue weighted by molar-refractivity contribution is -0.121. The van der Waals surface area contributed by atoms with Crippen LogP contribution in [0.3, 0.4) is 0 Å². The third-order valence-corrected chi connectivity index (χ3v) is 3.83. The fourth-order valence-electron chi connectivity index (χ4n) is 2.20. The van der Waals surface area contributed by atoms with Gasteiger partial charge in [0.1, 0.15) is 0 Å². The van der Waals surface area contributed by atoms with E-state index < -0.39 is 0 Å². The molecule has 1 rings (SSSR count). The maximum atomic E-state index is 11.6. The summed E-state index contributed by atoms with van der Waals surface area (Å²) in [6.45, 7) is 10.6. The van der Waals surface area contributed by atoms with E-state index in [2.05, 4.69) is 41.7 Å². The van der Waals surface area contributed by atoms with Crippen molar-refractivity contribution >= 4 is 35.8 Å². The summed E-state index contributed by atoms with van der Waals surface area (Å²) in [5, 5.41) is 9.51. The lowest BCUT2D eigenvalue weighted by atomic mass is 9.89. The molecule has 1 unspecified atom stereocenters. The summed E-state index contributed by atoms with van der Waals surface area (Å²) in [5.74, 6) is 0.935. The van der Waals surface area contributed by atoms with Crippen LogP contribution in [0.15, 0.2) is 4.99 Å². The Morgan fingerprint density at radius 1 is 1.29 bits per heavy atom. The smallest absolute Gasteiger partial charge is 0.220 e. The van der Waals surface area contributed by atoms with Gasteiger partial charge in [0, 0.05) is 32.7 Å². The monoisotopic (exact) mass is 454 g/mol. The number of carbonyl (C=O) groups excluding carboxylic acids is 1. The van der Waals surface area contributed by atoms with Crippen LogP contribution in [0, 0.1) is 5.41 Å². The molecule has 0 aromatic rings. The van der Waals surface area contributed by atoms with E-state index in [1.165, 1.54) is 0 Å². The Bertz CT molecular complexity index is 393. The number of methoxy groups -OCH3 is 1. The van der Waals surface area contributed by atoms with E-state index in [0.29, 0.717) is 19.0 Å². The average Bonchev–Trinajstić information content (AvgIpc) is 3.26. The molecule has 1 amide bonds. The van der Waals surface area contributed by atoms with Crippen molar-refractivity contribution in [2.75, 3.05) is 26.7 Å². The molecular weight excluding hydrogens is 419 g/mol. The highest BCUT2D eigenvalue weighted by molar-refractivity contribution is 14.0. The second-order valence-corrected chi connectivity index (χ2v) is 7.18. The topological polar surface area (TPSA) is 74.8 Å². The number of halogens is 1. The standard InChI is InChI=1S/C17H34N4O2.HI/c1-6-18-16(20-12-14(23-5)17(2,3)4)19-11-7-8-15(22)21-13-9-10-13;/h13-14H,6-12H2,1-5H3,(H,21,22)(H2,18,19,20);1H. The van der Waals surface area contributed by atoms with Crippen molar-refractivity contribution in [1.29, 1.82) is 0 Å². The van der Waals surface area contributed by atoms with Crippen molar-refractivity contribution in [3.05, 3.63) is 0 Å². The highest BCUT2D eigenvalue weighted by Crippen LogP contribution is 2.21. The Hall–Kier alpha value is -0.570. The number of amides is 1. The van der Waals surface area contributed by atoms with E-state index >= 15 is 0 Å². The fraction of sp³-hybridized carbons (Fsp3) is 0.882. The molecule has 24 heavy (non-hydrogen) atoms. The quantitative estimate of drug-likeness (QED) is 0.216. The molecule has 142 valence electrons. The number of nitrogens with one attached hydrogen (secondary N) is 3. The first-order valence-electron chi connectivity index (χ1n) is 8.71. The maximum Gasteiger partial charge on any atom is 0.220 e. The van der Waals surface area contributed by atoms with E-state index in [-0.39, 0.29) is 41.4 Å². The zero-order valence-electron chi connectivity index (χ0n) is 15.8. The molecule has 0 heterocycles. The van der Waals surface area contributed by atoms with Gasteiger partial charge in [-0.25, -0.2) is 0 Å². The van der Waals surface area contributed by atoms with Crippen molar-refractivity contribution < 1.29 is 9.53 Å². The lowest BCUT2D eigenvalue weighted by Crippen LogP contribution is -2.40. The number of guanidine groups is 1. The molecule has 6 nitrogen and oxygen atoms in total. The average molecular weight is 454 g/mol. The molecule has 7 heteroatoms.